The van der Waals surface area contributed by atoms with Gasteiger partial charge in [0, 0.05) is 13.0 Å². The minimum absolute atomic E-state index is 0.405. The van der Waals surface area contributed by atoms with Crippen LogP contribution in [0, 0.1) is 6.92 Å². The van der Waals surface area contributed by atoms with E-state index in [-0.39, 0.29) is 0 Å². The lowest BCUT2D eigenvalue weighted by molar-refractivity contribution is 0.179. The molecule has 1 aliphatic heterocycles. The molecule has 0 saturated carbocycles. The summed E-state index contributed by atoms with van der Waals surface area (Å²) in [6.07, 6.45) is 1.84. The number of aliphatic imine (C=N–C) groups is 2. The van der Waals surface area contributed by atoms with Crippen molar-refractivity contribution in [1.82, 2.24) is 5.01 Å². The van der Waals surface area contributed by atoms with Crippen molar-refractivity contribution in [2.45, 2.75) is 32.7 Å². The van der Waals surface area contributed by atoms with Gasteiger partial charge in [0.05, 0.1) is 11.3 Å². The first kappa shape index (κ1) is 16.9. The molecular weight excluding hydrogens is 288 g/mol. The van der Waals surface area contributed by atoms with Gasteiger partial charge in [0.1, 0.15) is 18.0 Å². The van der Waals surface area contributed by atoms with E-state index in [1.54, 1.807) is 5.01 Å². The van der Waals surface area contributed by atoms with E-state index < -0.39 is 5.54 Å². The SMILES string of the molecule is C=C1/N=C\N=C(\N)C/C(c2ccc(C)cc2)=N\N1C(C)(C)CN. The molecule has 0 atom stereocenters. The van der Waals surface area contributed by atoms with Gasteiger partial charge in [0.25, 0.3) is 0 Å². The van der Waals surface area contributed by atoms with Gasteiger partial charge >= 0.3 is 0 Å². The van der Waals surface area contributed by atoms with Crippen LogP contribution in [-0.2, 0) is 0 Å². The van der Waals surface area contributed by atoms with Crippen LogP contribution in [0.15, 0.2) is 51.8 Å². The molecule has 4 N–H and O–H groups in total. The minimum Gasteiger partial charge on any atom is -0.387 e. The number of hydrogen-bond donors (Lipinski definition) is 2. The topological polar surface area (TPSA) is 92.4 Å². The zero-order valence-corrected chi connectivity index (χ0v) is 14.0. The first-order valence-corrected chi connectivity index (χ1v) is 7.52. The highest BCUT2D eigenvalue weighted by Crippen LogP contribution is 2.22. The zero-order chi connectivity index (χ0) is 17.0. The highest BCUT2D eigenvalue weighted by Gasteiger charge is 2.27. The van der Waals surface area contributed by atoms with Gasteiger partial charge in [-0.15, -0.1) is 0 Å². The van der Waals surface area contributed by atoms with Gasteiger partial charge in [-0.05, 0) is 26.3 Å². The van der Waals surface area contributed by atoms with Gasteiger partial charge in [0.15, 0.2) is 0 Å². The Labute approximate surface area is 137 Å². The molecule has 0 unspecified atom stereocenters. The number of nitrogens with zero attached hydrogens (tertiary/aromatic N) is 4. The van der Waals surface area contributed by atoms with Gasteiger partial charge in [-0.1, -0.05) is 36.4 Å². The molecule has 6 nitrogen and oxygen atoms in total. The summed E-state index contributed by atoms with van der Waals surface area (Å²) in [7, 11) is 0. The van der Waals surface area contributed by atoms with Crippen LogP contribution in [0.25, 0.3) is 0 Å². The molecule has 6 heteroatoms. The molecule has 1 aliphatic rings. The number of hydrogen-bond acceptors (Lipinski definition) is 6. The second kappa shape index (κ2) is 6.75. The summed E-state index contributed by atoms with van der Waals surface area (Å²) in [6, 6.07) is 8.14. The largest absolute Gasteiger partial charge is 0.387 e. The maximum absolute atomic E-state index is 5.97. The smallest absolute Gasteiger partial charge is 0.143 e. The van der Waals surface area contributed by atoms with Gasteiger partial charge in [-0.3, -0.25) is 0 Å². The molecule has 0 amide bonds. The monoisotopic (exact) mass is 312 g/mol. The zero-order valence-electron chi connectivity index (χ0n) is 14.0. The van der Waals surface area contributed by atoms with Crippen molar-refractivity contribution in [2.24, 2.45) is 26.6 Å². The Balaban J connectivity index is 2.54. The third-order valence-electron chi connectivity index (χ3n) is 3.70. The second-order valence-corrected chi connectivity index (χ2v) is 6.20. The summed E-state index contributed by atoms with van der Waals surface area (Å²) in [5.41, 5.74) is 14.4. The van der Waals surface area contributed by atoms with E-state index in [9.17, 15) is 0 Å². The lowest BCUT2D eigenvalue weighted by Gasteiger charge is -2.35. The molecule has 1 aromatic carbocycles. The summed E-state index contributed by atoms with van der Waals surface area (Å²) >= 11 is 0. The van der Waals surface area contributed by atoms with E-state index in [4.69, 9.17) is 16.6 Å². The summed E-state index contributed by atoms with van der Waals surface area (Å²) < 4.78 is 0. The molecule has 0 bridgehead atoms. The van der Waals surface area contributed by atoms with Crippen molar-refractivity contribution in [1.29, 1.82) is 0 Å². The van der Waals surface area contributed by atoms with Crippen molar-refractivity contribution in [3.8, 4) is 0 Å². The van der Waals surface area contributed by atoms with E-state index in [0.29, 0.717) is 24.6 Å². The van der Waals surface area contributed by atoms with Crippen LogP contribution in [0.1, 0.15) is 31.4 Å². The molecule has 1 heterocycles. The first-order chi connectivity index (χ1) is 10.8. The molecule has 0 spiro atoms. The van der Waals surface area contributed by atoms with E-state index >= 15 is 0 Å². The number of nitrogens with two attached hydrogens (primary N) is 2. The highest BCUT2D eigenvalue weighted by molar-refractivity contribution is 6.12. The van der Waals surface area contributed by atoms with Crippen LogP contribution < -0.4 is 11.5 Å². The Kier molecular flexibility index (Phi) is 4.95. The molecule has 0 aliphatic carbocycles. The minimum atomic E-state index is -0.427. The van der Waals surface area contributed by atoms with Crippen LogP contribution in [0.5, 0.6) is 0 Å². The third kappa shape index (κ3) is 4.04. The van der Waals surface area contributed by atoms with Gasteiger partial charge < -0.3 is 11.5 Å². The molecule has 1 aromatic rings. The van der Waals surface area contributed by atoms with E-state index in [1.165, 1.54) is 11.9 Å². The highest BCUT2D eigenvalue weighted by atomic mass is 15.5. The molecular formula is C17H24N6. The molecule has 122 valence electrons. The van der Waals surface area contributed by atoms with E-state index in [1.807, 2.05) is 45.0 Å². The van der Waals surface area contributed by atoms with E-state index in [0.717, 1.165) is 11.3 Å². The fraction of sp³-hybridized carbons (Fsp3) is 0.353. The van der Waals surface area contributed by atoms with Crippen LogP contribution in [0.3, 0.4) is 0 Å². The number of amidine groups is 1. The predicted octanol–water partition coefficient (Wildman–Crippen LogP) is 2.00. The third-order valence-corrected chi connectivity index (χ3v) is 3.70. The molecule has 0 fully saturated rings. The summed E-state index contributed by atoms with van der Waals surface area (Å²) in [6.45, 7) is 10.4. The summed E-state index contributed by atoms with van der Waals surface area (Å²) in [5.74, 6) is 0.928. The van der Waals surface area contributed by atoms with Crippen molar-refractivity contribution >= 4 is 17.9 Å². The molecule has 2 rings (SSSR count). The fourth-order valence-corrected chi connectivity index (χ4v) is 2.13. The Morgan fingerprint density at radius 2 is 1.91 bits per heavy atom. The summed E-state index contributed by atoms with van der Waals surface area (Å²) in [5, 5.41) is 6.51. The molecule has 23 heavy (non-hydrogen) atoms. The predicted molar refractivity (Wildman–Crippen MR) is 96.6 cm³/mol. The Morgan fingerprint density at radius 1 is 1.26 bits per heavy atom. The van der Waals surface area contributed by atoms with Gasteiger partial charge in [-0.2, -0.15) is 5.10 Å². The number of benzene rings is 1. The molecule has 0 radical (unpaired) electrons. The van der Waals surface area contributed by atoms with Crippen molar-refractivity contribution in [2.75, 3.05) is 6.54 Å². The van der Waals surface area contributed by atoms with Crippen LogP contribution in [0.4, 0.5) is 0 Å². The van der Waals surface area contributed by atoms with Crippen molar-refractivity contribution < 1.29 is 0 Å². The standard InChI is InChI=1S/C17H24N6/c1-12-5-7-14(8-6-12)15-9-16(19)21-11-20-13(2)23(22-15)17(3,4)10-18/h5-8,11H,2,9-10,18H2,1,3-4H3,(H2,19,20,21)/b22-15+. The second-order valence-electron chi connectivity index (χ2n) is 6.20. The average Bonchev–Trinajstić information content (AvgIpc) is 2.58. The molecule has 0 saturated heterocycles. The Hall–Kier alpha value is -2.47. The van der Waals surface area contributed by atoms with Crippen molar-refractivity contribution in [3.05, 3.63) is 47.8 Å². The number of hydrazone groups is 1. The number of aryl methyl sites for hydroxylation is 1. The lowest BCUT2D eigenvalue weighted by atomic mass is 10.0. The van der Waals surface area contributed by atoms with Crippen LogP contribution >= 0.6 is 0 Å². The average molecular weight is 312 g/mol. The quantitative estimate of drug-likeness (QED) is 0.894. The molecule has 0 aromatic heterocycles. The normalized spacial score (nSPS) is 22.3. The maximum Gasteiger partial charge on any atom is 0.143 e. The van der Waals surface area contributed by atoms with Crippen molar-refractivity contribution in [3.63, 3.8) is 0 Å². The van der Waals surface area contributed by atoms with Crippen LogP contribution in [0.2, 0.25) is 0 Å². The van der Waals surface area contributed by atoms with Gasteiger partial charge in [0.2, 0.25) is 0 Å². The Morgan fingerprint density at radius 3 is 2.52 bits per heavy atom. The van der Waals surface area contributed by atoms with E-state index in [2.05, 4.69) is 16.6 Å². The van der Waals surface area contributed by atoms with Gasteiger partial charge in [-0.25, -0.2) is 15.0 Å². The summed E-state index contributed by atoms with van der Waals surface area (Å²) in [4.78, 5) is 8.34. The fourth-order valence-electron chi connectivity index (χ4n) is 2.13. The Bertz CT molecular complexity index is 667. The maximum atomic E-state index is 5.97. The first-order valence-electron chi connectivity index (χ1n) is 7.52. The lowest BCUT2D eigenvalue weighted by Crippen LogP contribution is -2.46. The number of rotatable bonds is 3. The van der Waals surface area contributed by atoms with Crippen LogP contribution in [-0.4, -0.2) is 35.0 Å².